The SMILES string of the molecule is Nc1cccc2c1NCCCC2=O. The van der Waals surface area contributed by atoms with Crippen LogP contribution in [0.5, 0.6) is 0 Å². The summed E-state index contributed by atoms with van der Waals surface area (Å²) in [5, 5.41) is 3.18. The molecule has 0 saturated carbocycles. The lowest BCUT2D eigenvalue weighted by Crippen LogP contribution is -2.04. The summed E-state index contributed by atoms with van der Waals surface area (Å²) in [6.45, 7) is 0.826. The number of fused-ring (bicyclic) bond motifs is 1. The first-order valence-corrected chi connectivity index (χ1v) is 4.44. The fraction of sp³-hybridized carbons (Fsp3) is 0.300. The monoisotopic (exact) mass is 176 g/mol. The van der Waals surface area contributed by atoms with Gasteiger partial charge in [-0.25, -0.2) is 0 Å². The van der Waals surface area contributed by atoms with Crippen molar-refractivity contribution in [2.24, 2.45) is 0 Å². The predicted molar refractivity (Wildman–Crippen MR) is 52.9 cm³/mol. The number of carbonyl (C=O) groups is 1. The Morgan fingerprint density at radius 2 is 2.23 bits per heavy atom. The lowest BCUT2D eigenvalue weighted by molar-refractivity contribution is 0.0984. The Bertz CT molecular complexity index is 347. The highest BCUT2D eigenvalue weighted by atomic mass is 16.1. The van der Waals surface area contributed by atoms with E-state index in [1.165, 1.54) is 0 Å². The van der Waals surface area contributed by atoms with Gasteiger partial charge in [-0.15, -0.1) is 0 Å². The highest BCUT2D eigenvalue weighted by Gasteiger charge is 2.15. The van der Waals surface area contributed by atoms with Gasteiger partial charge in [-0.1, -0.05) is 6.07 Å². The van der Waals surface area contributed by atoms with E-state index in [9.17, 15) is 4.79 Å². The number of hydrogen-bond acceptors (Lipinski definition) is 3. The van der Waals surface area contributed by atoms with Crippen molar-refractivity contribution in [3.63, 3.8) is 0 Å². The third-order valence-corrected chi connectivity index (χ3v) is 2.28. The second-order valence-electron chi connectivity index (χ2n) is 3.22. The lowest BCUT2D eigenvalue weighted by atomic mass is 10.1. The van der Waals surface area contributed by atoms with Crippen LogP contribution in [0.15, 0.2) is 18.2 Å². The summed E-state index contributed by atoms with van der Waals surface area (Å²) in [5.74, 6) is 0.187. The van der Waals surface area contributed by atoms with Gasteiger partial charge in [-0.05, 0) is 18.6 Å². The second-order valence-corrected chi connectivity index (χ2v) is 3.22. The van der Waals surface area contributed by atoms with Crippen molar-refractivity contribution in [3.8, 4) is 0 Å². The number of nitrogens with two attached hydrogens (primary N) is 1. The molecular formula is C10H12N2O. The van der Waals surface area contributed by atoms with Crippen molar-refractivity contribution in [1.29, 1.82) is 0 Å². The first-order chi connectivity index (χ1) is 6.29. The molecule has 0 unspecified atom stereocenters. The molecule has 0 aliphatic carbocycles. The van der Waals surface area contributed by atoms with E-state index in [2.05, 4.69) is 5.32 Å². The molecule has 0 radical (unpaired) electrons. The van der Waals surface area contributed by atoms with Crippen molar-refractivity contribution in [1.82, 2.24) is 0 Å². The van der Waals surface area contributed by atoms with Crippen LogP contribution in [-0.2, 0) is 0 Å². The Hall–Kier alpha value is -1.51. The highest BCUT2D eigenvalue weighted by molar-refractivity contribution is 6.04. The van der Waals surface area contributed by atoms with Gasteiger partial charge < -0.3 is 11.1 Å². The van der Waals surface area contributed by atoms with Crippen molar-refractivity contribution in [2.75, 3.05) is 17.6 Å². The van der Waals surface area contributed by atoms with Crippen LogP contribution >= 0.6 is 0 Å². The van der Waals surface area contributed by atoms with Crippen LogP contribution in [0.2, 0.25) is 0 Å². The van der Waals surface area contributed by atoms with Gasteiger partial charge in [0, 0.05) is 18.5 Å². The summed E-state index contributed by atoms with van der Waals surface area (Å²) in [5.41, 5.74) is 7.96. The molecule has 0 fully saturated rings. The van der Waals surface area contributed by atoms with E-state index in [-0.39, 0.29) is 5.78 Å². The number of anilines is 2. The zero-order chi connectivity index (χ0) is 9.26. The molecule has 0 amide bonds. The van der Waals surface area contributed by atoms with Crippen molar-refractivity contribution in [2.45, 2.75) is 12.8 Å². The smallest absolute Gasteiger partial charge is 0.165 e. The summed E-state index contributed by atoms with van der Waals surface area (Å²) >= 11 is 0. The Balaban J connectivity index is 2.54. The minimum atomic E-state index is 0.187. The molecule has 68 valence electrons. The number of rotatable bonds is 0. The molecular weight excluding hydrogens is 164 g/mol. The largest absolute Gasteiger partial charge is 0.397 e. The normalized spacial score (nSPS) is 15.8. The van der Waals surface area contributed by atoms with Gasteiger partial charge >= 0.3 is 0 Å². The van der Waals surface area contributed by atoms with Gasteiger partial charge in [-0.2, -0.15) is 0 Å². The van der Waals surface area contributed by atoms with Crippen LogP contribution in [0.4, 0.5) is 11.4 Å². The van der Waals surface area contributed by atoms with Gasteiger partial charge in [0.15, 0.2) is 5.78 Å². The molecule has 0 atom stereocenters. The maximum absolute atomic E-state index is 11.6. The number of Topliss-reactive ketones (excluding diaryl/α,β-unsaturated/α-hetero) is 1. The molecule has 1 aromatic carbocycles. The molecule has 3 heteroatoms. The van der Waals surface area contributed by atoms with Crippen LogP contribution in [0.1, 0.15) is 23.2 Å². The standard InChI is InChI=1S/C10H12N2O/c11-8-4-1-3-7-9(13)5-2-6-12-10(7)8/h1,3-4,12H,2,5-6,11H2. The fourth-order valence-corrected chi connectivity index (χ4v) is 1.60. The number of para-hydroxylation sites is 1. The van der Waals surface area contributed by atoms with Crippen LogP contribution < -0.4 is 11.1 Å². The number of benzene rings is 1. The van der Waals surface area contributed by atoms with Gasteiger partial charge in [0.25, 0.3) is 0 Å². The number of hydrogen-bond donors (Lipinski definition) is 2. The van der Waals surface area contributed by atoms with Gasteiger partial charge in [0.05, 0.1) is 11.4 Å². The average Bonchev–Trinajstić information content (AvgIpc) is 2.30. The maximum Gasteiger partial charge on any atom is 0.165 e. The summed E-state index contributed by atoms with van der Waals surface area (Å²) < 4.78 is 0. The molecule has 0 spiro atoms. The average molecular weight is 176 g/mol. The lowest BCUT2D eigenvalue weighted by Gasteiger charge is -2.08. The number of nitrogen functional groups attached to an aromatic ring is 1. The predicted octanol–water partition coefficient (Wildman–Crippen LogP) is 1.66. The summed E-state index contributed by atoms with van der Waals surface area (Å²) in [7, 11) is 0. The van der Waals surface area contributed by atoms with Crippen molar-refractivity contribution < 1.29 is 4.79 Å². The summed E-state index contributed by atoms with van der Waals surface area (Å²) in [4.78, 5) is 11.6. The summed E-state index contributed by atoms with van der Waals surface area (Å²) in [6, 6.07) is 5.45. The molecule has 1 heterocycles. The minimum Gasteiger partial charge on any atom is -0.397 e. The van der Waals surface area contributed by atoms with Gasteiger partial charge in [-0.3, -0.25) is 4.79 Å². The van der Waals surface area contributed by atoms with E-state index in [0.717, 1.165) is 24.2 Å². The number of carbonyl (C=O) groups excluding carboxylic acids is 1. The zero-order valence-corrected chi connectivity index (χ0v) is 7.34. The molecule has 1 aliphatic heterocycles. The molecule has 2 rings (SSSR count). The second kappa shape index (κ2) is 3.09. The van der Waals surface area contributed by atoms with Crippen LogP contribution in [0.3, 0.4) is 0 Å². The van der Waals surface area contributed by atoms with E-state index in [0.29, 0.717) is 12.1 Å². The van der Waals surface area contributed by atoms with Crippen LogP contribution in [0, 0.1) is 0 Å². The molecule has 0 saturated heterocycles. The molecule has 1 aliphatic rings. The van der Waals surface area contributed by atoms with Crippen LogP contribution in [0.25, 0.3) is 0 Å². The summed E-state index contributed by atoms with van der Waals surface area (Å²) in [6.07, 6.45) is 1.50. The Morgan fingerprint density at radius 3 is 3.08 bits per heavy atom. The van der Waals surface area contributed by atoms with Crippen molar-refractivity contribution in [3.05, 3.63) is 23.8 Å². The fourth-order valence-electron chi connectivity index (χ4n) is 1.60. The molecule has 3 N–H and O–H groups in total. The van der Waals surface area contributed by atoms with E-state index >= 15 is 0 Å². The minimum absolute atomic E-state index is 0.187. The quantitative estimate of drug-likeness (QED) is 0.591. The zero-order valence-electron chi connectivity index (χ0n) is 7.34. The maximum atomic E-state index is 11.6. The first kappa shape index (κ1) is 8.10. The Labute approximate surface area is 76.9 Å². The molecule has 13 heavy (non-hydrogen) atoms. The Kier molecular flexibility index (Phi) is 1.93. The van der Waals surface area contributed by atoms with E-state index in [1.807, 2.05) is 18.2 Å². The van der Waals surface area contributed by atoms with E-state index in [1.54, 1.807) is 0 Å². The third kappa shape index (κ3) is 1.37. The number of ketones is 1. The molecule has 3 nitrogen and oxygen atoms in total. The van der Waals surface area contributed by atoms with Crippen molar-refractivity contribution >= 4 is 17.2 Å². The van der Waals surface area contributed by atoms with Gasteiger partial charge in [0.2, 0.25) is 0 Å². The molecule has 1 aromatic rings. The topological polar surface area (TPSA) is 55.1 Å². The number of nitrogens with one attached hydrogen (secondary N) is 1. The molecule has 0 aromatic heterocycles. The highest BCUT2D eigenvalue weighted by Crippen LogP contribution is 2.26. The van der Waals surface area contributed by atoms with Gasteiger partial charge in [0.1, 0.15) is 0 Å². The van der Waals surface area contributed by atoms with Crippen LogP contribution in [-0.4, -0.2) is 12.3 Å². The first-order valence-electron chi connectivity index (χ1n) is 4.44. The Morgan fingerprint density at radius 1 is 1.38 bits per heavy atom. The molecule has 0 bridgehead atoms. The van der Waals surface area contributed by atoms with E-state index in [4.69, 9.17) is 5.73 Å². The third-order valence-electron chi connectivity index (χ3n) is 2.28. The van der Waals surface area contributed by atoms with E-state index < -0.39 is 0 Å².